The van der Waals surface area contributed by atoms with Gasteiger partial charge < -0.3 is 16.2 Å². The predicted molar refractivity (Wildman–Crippen MR) is 77.7 cm³/mol. The first-order valence-electron chi connectivity index (χ1n) is 6.70. The van der Waals surface area contributed by atoms with Gasteiger partial charge in [0.2, 0.25) is 0 Å². The zero-order valence-electron chi connectivity index (χ0n) is 11.2. The van der Waals surface area contributed by atoms with Crippen LogP contribution in [0.1, 0.15) is 40.0 Å². The molecule has 0 spiro atoms. The number of aromatic carboxylic acids is 1. The smallest absolute Gasteiger partial charge is 0.335 e. The van der Waals surface area contributed by atoms with Gasteiger partial charge in [-0.15, -0.1) is 0 Å². The Balaban J connectivity index is 1.92. The largest absolute Gasteiger partial charge is 0.478 e. The van der Waals surface area contributed by atoms with Crippen LogP contribution in [0.3, 0.4) is 0 Å². The number of benzene rings is 2. The summed E-state index contributed by atoms with van der Waals surface area (Å²) in [6, 6.07) is 11.3. The Morgan fingerprint density at radius 2 is 1.95 bits per heavy atom. The van der Waals surface area contributed by atoms with E-state index in [9.17, 15) is 9.18 Å². The first-order valence-corrected chi connectivity index (χ1v) is 6.70. The lowest BCUT2D eigenvalue weighted by Crippen LogP contribution is -2.11. The molecule has 0 saturated carbocycles. The predicted octanol–water partition coefficient (Wildman–Crippen LogP) is 3.08. The van der Waals surface area contributed by atoms with E-state index < -0.39 is 11.8 Å². The van der Waals surface area contributed by atoms with Crippen molar-refractivity contribution in [2.75, 3.05) is 5.32 Å². The summed E-state index contributed by atoms with van der Waals surface area (Å²) in [5.74, 6) is -1.56. The van der Waals surface area contributed by atoms with Gasteiger partial charge in [-0.1, -0.05) is 24.3 Å². The van der Waals surface area contributed by atoms with Crippen molar-refractivity contribution < 1.29 is 14.3 Å². The number of rotatable bonds is 3. The number of fused-ring (bicyclic) bond motifs is 1. The topological polar surface area (TPSA) is 75.3 Å². The highest BCUT2D eigenvalue weighted by Crippen LogP contribution is 2.39. The highest BCUT2D eigenvalue weighted by molar-refractivity contribution is 5.88. The van der Waals surface area contributed by atoms with Crippen LogP contribution in [0.15, 0.2) is 42.5 Å². The van der Waals surface area contributed by atoms with Gasteiger partial charge in [-0.2, -0.15) is 0 Å². The zero-order valence-corrected chi connectivity index (χ0v) is 11.2. The zero-order chi connectivity index (χ0) is 15.0. The maximum atomic E-state index is 13.9. The quantitative estimate of drug-likeness (QED) is 0.810. The van der Waals surface area contributed by atoms with Crippen molar-refractivity contribution in [3.05, 3.63) is 65.0 Å². The maximum Gasteiger partial charge on any atom is 0.335 e. The Labute approximate surface area is 121 Å². The minimum atomic E-state index is -1.08. The van der Waals surface area contributed by atoms with E-state index in [4.69, 9.17) is 10.8 Å². The highest BCUT2D eigenvalue weighted by atomic mass is 19.1. The molecule has 1 aliphatic carbocycles. The minimum absolute atomic E-state index is 0.0504. The number of anilines is 1. The van der Waals surface area contributed by atoms with Crippen molar-refractivity contribution in [1.29, 1.82) is 0 Å². The summed E-state index contributed by atoms with van der Waals surface area (Å²) >= 11 is 0. The second-order valence-electron chi connectivity index (χ2n) is 5.17. The second-order valence-corrected chi connectivity index (χ2v) is 5.17. The molecule has 0 aliphatic heterocycles. The number of nitrogens with one attached hydrogen (secondary N) is 1. The van der Waals surface area contributed by atoms with Gasteiger partial charge in [0.1, 0.15) is 5.82 Å². The molecule has 0 heterocycles. The minimum Gasteiger partial charge on any atom is -0.478 e. The molecule has 2 unspecified atom stereocenters. The van der Waals surface area contributed by atoms with Crippen molar-refractivity contribution in [2.45, 2.75) is 18.5 Å². The standard InChI is InChI=1S/C16H15FN2O2/c17-12-6-5-9(16(20)21)7-15(12)19-14-8-13(18)10-3-1-2-4-11(10)14/h1-7,13-14,19H,8,18H2,(H,20,21). The number of hydrogen-bond donors (Lipinski definition) is 3. The molecule has 2 aromatic carbocycles. The van der Waals surface area contributed by atoms with Crippen LogP contribution in [0.4, 0.5) is 10.1 Å². The van der Waals surface area contributed by atoms with E-state index in [1.54, 1.807) is 0 Å². The van der Waals surface area contributed by atoms with E-state index >= 15 is 0 Å². The van der Waals surface area contributed by atoms with Crippen LogP contribution in [-0.4, -0.2) is 11.1 Å². The van der Waals surface area contributed by atoms with Crippen molar-refractivity contribution in [1.82, 2.24) is 0 Å². The molecular formula is C16H15FN2O2. The van der Waals surface area contributed by atoms with Gasteiger partial charge in [-0.05, 0) is 35.7 Å². The summed E-state index contributed by atoms with van der Waals surface area (Å²) in [7, 11) is 0. The lowest BCUT2D eigenvalue weighted by molar-refractivity contribution is 0.0697. The second kappa shape index (κ2) is 5.18. The molecule has 4 nitrogen and oxygen atoms in total. The molecule has 0 amide bonds. The van der Waals surface area contributed by atoms with Crippen LogP contribution >= 0.6 is 0 Å². The van der Waals surface area contributed by atoms with Gasteiger partial charge in [0.05, 0.1) is 17.3 Å². The summed E-state index contributed by atoms with van der Waals surface area (Å²) < 4.78 is 13.9. The Morgan fingerprint density at radius 3 is 2.67 bits per heavy atom. The van der Waals surface area contributed by atoms with E-state index in [0.717, 1.165) is 17.2 Å². The molecule has 0 bridgehead atoms. The molecule has 0 saturated heterocycles. The lowest BCUT2D eigenvalue weighted by Gasteiger charge is -2.16. The third-order valence-corrected chi connectivity index (χ3v) is 3.80. The first kappa shape index (κ1) is 13.6. The summed E-state index contributed by atoms with van der Waals surface area (Å²) in [5.41, 5.74) is 8.39. The van der Waals surface area contributed by atoms with Crippen molar-refractivity contribution in [3.63, 3.8) is 0 Å². The molecule has 108 valence electrons. The Kier molecular flexibility index (Phi) is 3.35. The molecule has 2 atom stereocenters. The molecule has 0 radical (unpaired) electrons. The van der Waals surface area contributed by atoms with Gasteiger partial charge in [0.25, 0.3) is 0 Å². The summed E-state index contributed by atoms with van der Waals surface area (Å²) in [4.78, 5) is 11.0. The molecule has 3 rings (SSSR count). The monoisotopic (exact) mass is 286 g/mol. The molecule has 0 fully saturated rings. The molecule has 4 N–H and O–H groups in total. The average Bonchev–Trinajstić information content (AvgIpc) is 2.78. The van der Waals surface area contributed by atoms with E-state index in [-0.39, 0.29) is 23.3 Å². The van der Waals surface area contributed by atoms with E-state index in [2.05, 4.69) is 5.32 Å². The number of halogens is 1. The van der Waals surface area contributed by atoms with Crippen LogP contribution in [-0.2, 0) is 0 Å². The Bertz CT molecular complexity index is 702. The Hall–Kier alpha value is -2.40. The summed E-state index contributed by atoms with van der Waals surface area (Å²) in [5, 5.41) is 12.1. The lowest BCUT2D eigenvalue weighted by atomic mass is 10.1. The number of carboxylic acids is 1. The third kappa shape index (κ3) is 2.48. The normalized spacial score (nSPS) is 20.1. The number of carboxylic acid groups (broad SMARTS) is 1. The molecule has 21 heavy (non-hydrogen) atoms. The fourth-order valence-electron chi connectivity index (χ4n) is 2.77. The fourth-order valence-corrected chi connectivity index (χ4v) is 2.77. The van der Waals surface area contributed by atoms with Crippen LogP contribution in [0, 0.1) is 5.82 Å². The maximum absolute atomic E-state index is 13.9. The molecular weight excluding hydrogens is 271 g/mol. The van der Waals surface area contributed by atoms with Gasteiger partial charge in [0, 0.05) is 6.04 Å². The van der Waals surface area contributed by atoms with Gasteiger partial charge in [0.15, 0.2) is 0 Å². The molecule has 5 heteroatoms. The third-order valence-electron chi connectivity index (χ3n) is 3.80. The van der Waals surface area contributed by atoms with E-state index in [1.807, 2.05) is 24.3 Å². The number of carbonyl (C=O) groups is 1. The average molecular weight is 286 g/mol. The van der Waals surface area contributed by atoms with Crippen molar-refractivity contribution >= 4 is 11.7 Å². The van der Waals surface area contributed by atoms with Crippen molar-refractivity contribution in [2.24, 2.45) is 5.73 Å². The van der Waals surface area contributed by atoms with Crippen LogP contribution in [0.2, 0.25) is 0 Å². The van der Waals surface area contributed by atoms with E-state index in [1.165, 1.54) is 12.1 Å². The SMILES string of the molecule is NC1CC(Nc2cc(C(=O)O)ccc2F)c2ccccc21. The van der Waals surface area contributed by atoms with E-state index in [0.29, 0.717) is 6.42 Å². The Morgan fingerprint density at radius 1 is 1.24 bits per heavy atom. The summed E-state index contributed by atoms with van der Waals surface area (Å²) in [6.45, 7) is 0. The van der Waals surface area contributed by atoms with Gasteiger partial charge in [-0.25, -0.2) is 9.18 Å². The summed E-state index contributed by atoms with van der Waals surface area (Å²) in [6.07, 6.45) is 0.649. The van der Waals surface area contributed by atoms with Gasteiger partial charge in [-0.3, -0.25) is 0 Å². The highest BCUT2D eigenvalue weighted by Gasteiger charge is 2.28. The number of hydrogen-bond acceptors (Lipinski definition) is 3. The first-order chi connectivity index (χ1) is 10.1. The molecule has 0 aromatic heterocycles. The number of nitrogens with two attached hydrogens (primary N) is 1. The van der Waals surface area contributed by atoms with Crippen LogP contribution in [0.25, 0.3) is 0 Å². The van der Waals surface area contributed by atoms with Gasteiger partial charge >= 0.3 is 5.97 Å². The van der Waals surface area contributed by atoms with Crippen LogP contribution in [0.5, 0.6) is 0 Å². The molecule has 2 aromatic rings. The fraction of sp³-hybridized carbons (Fsp3) is 0.188. The molecule has 1 aliphatic rings. The van der Waals surface area contributed by atoms with Crippen LogP contribution < -0.4 is 11.1 Å². The van der Waals surface area contributed by atoms with Crippen molar-refractivity contribution in [3.8, 4) is 0 Å².